The van der Waals surface area contributed by atoms with Crippen molar-refractivity contribution in [1.82, 2.24) is 9.88 Å². The molecule has 3 aromatic rings. The lowest BCUT2D eigenvalue weighted by Crippen LogP contribution is -2.41. The molecule has 1 atom stereocenters. The van der Waals surface area contributed by atoms with Crippen LogP contribution in [-0.4, -0.2) is 29.6 Å². The number of methoxy groups -OCH3 is 1. The molecule has 1 aliphatic rings. The Kier molecular flexibility index (Phi) is 5.81. The third-order valence-electron chi connectivity index (χ3n) is 5.99. The van der Waals surface area contributed by atoms with Gasteiger partial charge < -0.3 is 14.6 Å². The summed E-state index contributed by atoms with van der Waals surface area (Å²) in [4.78, 5) is 24.4. The molecule has 0 bridgehead atoms. The molecule has 31 heavy (non-hydrogen) atoms. The first kappa shape index (κ1) is 21.1. The first-order valence-corrected chi connectivity index (χ1v) is 10.6. The quantitative estimate of drug-likeness (QED) is 0.626. The van der Waals surface area contributed by atoms with Gasteiger partial charge in [-0.2, -0.15) is 0 Å². The number of hydrogen-bond acceptors (Lipinski definition) is 3. The maximum atomic E-state index is 13.8. The molecular formula is C25H27FN2O3. The highest BCUT2D eigenvalue weighted by Gasteiger charge is 2.27. The van der Waals surface area contributed by atoms with E-state index in [1.165, 1.54) is 18.9 Å². The van der Waals surface area contributed by atoms with Crippen molar-refractivity contribution in [2.45, 2.75) is 45.7 Å². The van der Waals surface area contributed by atoms with Gasteiger partial charge in [0.1, 0.15) is 5.82 Å². The second-order valence-electron chi connectivity index (χ2n) is 8.47. The number of hydrogen-bond donors (Lipinski definition) is 1. The summed E-state index contributed by atoms with van der Waals surface area (Å²) >= 11 is 0. The predicted molar refractivity (Wildman–Crippen MR) is 118 cm³/mol. The molecule has 0 unspecified atom stereocenters. The molecule has 0 spiro atoms. The molecule has 1 aromatic heterocycles. The molecule has 2 aromatic carbocycles. The number of aromatic nitrogens is 1. The van der Waals surface area contributed by atoms with E-state index in [2.05, 4.69) is 9.88 Å². The predicted octanol–water partition coefficient (Wildman–Crippen LogP) is 4.24. The molecule has 1 amide bonds. The SMILES string of the molecule is COC(=O)c1ccc2c(c1)c1c(n2Cc2cccc(F)c2)CC[C@@H](NC(=O)C(C)C)C1. The lowest BCUT2D eigenvalue weighted by molar-refractivity contribution is -0.124. The van der Waals surface area contributed by atoms with Crippen LogP contribution in [0, 0.1) is 11.7 Å². The van der Waals surface area contributed by atoms with Gasteiger partial charge in [-0.25, -0.2) is 9.18 Å². The van der Waals surface area contributed by atoms with E-state index < -0.39 is 0 Å². The molecule has 1 heterocycles. The fraction of sp³-hybridized carbons (Fsp3) is 0.360. The summed E-state index contributed by atoms with van der Waals surface area (Å²) < 4.78 is 20.9. The summed E-state index contributed by atoms with van der Waals surface area (Å²) in [7, 11) is 1.37. The molecule has 0 fully saturated rings. The zero-order chi connectivity index (χ0) is 22.1. The average Bonchev–Trinajstić information content (AvgIpc) is 3.05. The van der Waals surface area contributed by atoms with E-state index in [9.17, 15) is 14.0 Å². The summed E-state index contributed by atoms with van der Waals surface area (Å²) in [6.07, 6.45) is 2.34. The Labute approximate surface area is 181 Å². The molecule has 0 aliphatic heterocycles. The van der Waals surface area contributed by atoms with Gasteiger partial charge in [-0.15, -0.1) is 0 Å². The van der Waals surface area contributed by atoms with Gasteiger partial charge in [-0.05, 0) is 60.7 Å². The topological polar surface area (TPSA) is 60.3 Å². The largest absolute Gasteiger partial charge is 0.465 e. The van der Waals surface area contributed by atoms with Crippen LogP contribution in [0.25, 0.3) is 10.9 Å². The molecule has 5 nitrogen and oxygen atoms in total. The molecule has 0 radical (unpaired) electrons. The number of amides is 1. The fourth-order valence-electron chi connectivity index (χ4n) is 4.38. The molecule has 1 N–H and O–H groups in total. The van der Waals surface area contributed by atoms with Crippen molar-refractivity contribution < 1.29 is 18.7 Å². The van der Waals surface area contributed by atoms with E-state index in [0.717, 1.165) is 34.9 Å². The zero-order valence-corrected chi connectivity index (χ0v) is 18.1. The van der Waals surface area contributed by atoms with Crippen molar-refractivity contribution in [3.63, 3.8) is 0 Å². The minimum Gasteiger partial charge on any atom is -0.465 e. The first-order valence-electron chi connectivity index (χ1n) is 10.6. The van der Waals surface area contributed by atoms with E-state index in [1.54, 1.807) is 18.2 Å². The van der Waals surface area contributed by atoms with Crippen LogP contribution in [0.4, 0.5) is 4.39 Å². The highest BCUT2D eigenvalue weighted by atomic mass is 19.1. The Morgan fingerprint density at radius 3 is 2.74 bits per heavy atom. The number of benzene rings is 2. The second kappa shape index (κ2) is 8.53. The van der Waals surface area contributed by atoms with Crippen LogP contribution < -0.4 is 5.32 Å². The van der Waals surface area contributed by atoms with E-state index in [0.29, 0.717) is 18.5 Å². The van der Waals surface area contributed by atoms with Gasteiger partial charge in [0.15, 0.2) is 0 Å². The summed E-state index contributed by atoms with van der Waals surface area (Å²) in [6.45, 7) is 4.32. The molecule has 6 heteroatoms. The van der Waals surface area contributed by atoms with Crippen molar-refractivity contribution in [2.75, 3.05) is 7.11 Å². The van der Waals surface area contributed by atoms with Crippen molar-refractivity contribution in [3.05, 3.63) is 70.7 Å². The van der Waals surface area contributed by atoms with Crippen molar-refractivity contribution in [1.29, 1.82) is 0 Å². The number of rotatable bonds is 5. The van der Waals surface area contributed by atoms with Crippen LogP contribution in [0.2, 0.25) is 0 Å². The molecule has 4 rings (SSSR count). The summed E-state index contributed by atoms with van der Waals surface area (Å²) in [6, 6.07) is 12.2. The molecule has 0 saturated heterocycles. The second-order valence-corrected chi connectivity index (χ2v) is 8.47. The van der Waals surface area contributed by atoms with Crippen LogP contribution in [0.5, 0.6) is 0 Å². The molecular weight excluding hydrogens is 395 g/mol. The number of esters is 1. The third-order valence-corrected chi connectivity index (χ3v) is 5.99. The number of carbonyl (C=O) groups excluding carboxylic acids is 2. The van der Waals surface area contributed by atoms with Gasteiger partial charge in [0.05, 0.1) is 12.7 Å². The van der Waals surface area contributed by atoms with Crippen LogP contribution >= 0.6 is 0 Å². The van der Waals surface area contributed by atoms with E-state index in [-0.39, 0.29) is 29.7 Å². The third kappa shape index (κ3) is 4.20. The Morgan fingerprint density at radius 1 is 1.23 bits per heavy atom. The summed E-state index contributed by atoms with van der Waals surface area (Å²) in [5, 5.41) is 4.13. The van der Waals surface area contributed by atoms with Crippen LogP contribution in [0.3, 0.4) is 0 Å². The van der Waals surface area contributed by atoms with Gasteiger partial charge in [-0.1, -0.05) is 26.0 Å². The number of halogens is 1. The van der Waals surface area contributed by atoms with Gasteiger partial charge in [0, 0.05) is 35.1 Å². The Balaban J connectivity index is 1.78. The van der Waals surface area contributed by atoms with E-state index >= 15 is 0 Å². The normalized spacial score (nSPS) is 15.7. The van der Waals surface area contributed by atoms with Gasteiger partial charge in [0.25, 0.3) is 0 Å². The van der Waals surface area contributed by atoms with Crippen molar-refractivity contribution >= 4 is 22.8 Å². The molecule has 162 valence electrons. The average molecular weight is 423 g/mol. The number of carbonyl (C=O) groups is 2. The van der Waals surface area contributed by atoms with E-state index in [4.69, 9.17) is 4.74 Å². The highest BCUT2D eigenvalue weighted by molar-refractivity contribution is 5.96. The van der Waals surface area contributed by atoms with E-state index in [1.807, 2.05) is 32.0 Å². The number of nitrogens with one attached hydrogen (secondary N) is 1. The maximum absolute atomic E-state index is 13.8. The Morgan fingerprint density at radius 2 is 2.03 bits per heavy atom. The summed E-state index contributed by atoms with van der Waals surface area (Å²) in [5.74, 6) is -0.657. The Hall–Kier alpha value is -3.15. The van der Waals surface area contributed by atoms with Gasteiger partial charge in [0.2, 0.25) is 5.91 Å². The highest BCUT2D eigenvalue weighted by Crippen LogP contribution is 2.34. The summed E-state index contributed by atoms with van der Waals surface area (Å²) in [5.41, 5.74) is 4.69. The maximum Gasteiger partial charge on any atom is 0.337 e. The smallest absolute Gasteiger partial charge is 0.337 e. The first-order chi connectivity index (χ1) is 14.9. The van der Waals surface area contributed by atoms with Crippen LogP contribution in [-0.2, 0) is 28.9 Å². The fourth-order valence-corrected chi connectivity index (χ4v) is 4.38. The molecule has 0 saturated carbocycles. The number of nitrogens with zero attached hydrogens (tertiary/aromatic N) is 1. The van der Waals surface area contributed by atoms with Crippen LogP contribution in [0.1, 0.15) is 47.4 Å². The van der Waals surface area contributed by atoms with Gasteiger partial charge >= 0.3 is 5.97 Å². The monoisotopic (exact) mass is 422 g/mol. The lowest BCUT2D eigenvalue weighted by atomic mass is 9.90. The lowest BCUT2D eigenvalue weighted by Gasteiger charge is -2.26. The minimum atomic E-state index is -0.381. The number of ether oxygens (including phenoxy) is 1. The minimum absolute atomic E-state index is 0.0483. The van der Waals surface area contributed by atoms with Crippen molar-refractivity contribution in [3.8, 4) is 0 Å². The number of fused-ring (bicyclic) bond motifs is 3. The Bertz CT molecular complexity index is 1150. The standard InChI is InChI=1S/C25H27FN2O3/c1-15(2)24(29)27-19-8-10-23-21(13-19)20-12-17(25(30)31-3)7-9-22(20)28(23)14-16-5-4-6-18(26)11-16/h4-7,9,11-12,15,19H,8,10,13-14H2,1-3H3,(H,27,29)/t19-/m1/s1. The van der Waals surface area contributed by atoms with Crippen molar-refractivity contribution in [2.24, 2.45) is 5.92 Å². The van der Waals surface area contributed by atoms with Gasteiger partial charge in [-0.3, -0.25) is 4.79 Å². The molecule has 1 aliphatic carbocycles. The zero-order valence-electron chi connectivity index (χ0n) is 18.1. The van der Waals surface area contributed by atoms with Crippen LogP contribution in [0.15, 0.2) is 42.5 Å².